The number of nitrogens with zero attached hydrogens (tertiary/aromatic N) is 5. The molecule has 0 aliphatic carbocycles. The summed E-state index contributed by atoms with van der Waals surface area (Å²) in [5.41, 5.74) is 2.72. The first-order valence-corrected chi connectivity index (χ1v) is 11.7. The molecule has 0 spiro atoms. The third kappa shape index (κ3) is 4.38. The first kappa shape index (κ1) is 22.4. The van der Waals surface area contributed by atoms with Crippen LogP contribution >= 0.6 is 0 Å². The van der Waals surface area contributed by atoms with Crippen molar-refractivity contribution in [2.75, 3.05) is 43.6 Å². The Morgan fingerprint density at radius 3 is 2.56 bits per heavy atom. The van der Waals surface area contributed by atoms with Crippen molar-refractivity contribution in [1.29, 1.82) is 0 Å². The predicted molar refractivity (Wildman–Crippen MR) is 128 cm³/mol. The second-order valence-electron chi connectivity index (χ2n) is 9.32. The van der Waals surface area contributed by atoms with E-state index in [2.05, 4.69) is 37.6 Å². The third-order valence-electron chi connectivity index (χ3n) is 6.83. The Hall–Kier alpha value is -2.83. The molecule has 7 heteroatoms. The fourth-order valence-electron chi connectivity index (χ4n) is 4.44. The molecule has 0 saturated carbocycles. The average molecular weight is 438 g/mol. The molecule has 1 fully saturated rings. The van der Waals surface area contributed by atoms with E-state index in [0.29, 0.717) is 30.4 Å². The number of ether oxygens (including phenoxy) is 1. The summed E-state index contributed by atoms with van der Waals surface area (Å²) in [6.07, 6.45) is 3.09. The Balaban J connectivity index is 1.66. The molecule has 1 aromatic carbocycles. The number of carbonyl (C=O) groups is 1. The maximum absolute atomic E-state index is 13.3. The average Bonchev–Trinajstić information content (AvgIpc) is 2.82. The van der Waals surface area contributed by atoms with Gasteiger partial charge in [0, 0.05) is 44.7 Å². The molecule has 32 heavy (non-hydrogen) atoms. The maximum Gasteiger partial charge on any atom is 0.257 e. The zero-order valence-electron chi connectivity index (χ0n) is 20.0. The number of aromatic nitrogens is 2. The third-order valence-corrected chi connectivity index (χ3v) is 6.83. The summed E-state index contributed by atoms with van der Waals surface area (Å²) < 4.78 is 5.42. The first-order valence-electron chi connectivity index (χ1n) is 11.7. The first-order chi connectivity index (χ1) is 15.4. The van der Waals surface area contributed by atoms with E-state index in [1.54, 1.807) is 7.11 Å². The molecule has 2 aromatic rings. The molecular weight excluding hydrogens is 402 g/mol. The number of anilines is 2. The van der Waals surface area contributed by atoms with Gasteiger partial charge >= 0.3 is 0 Å². The van der Waals surface area contributed by atoms with E-state index in [0.717, 1.165) is 48.5 Å². The second-order valence-corrected chi connectivity index (χ2v) is 9.32. The lowest BCUT2D eigenvalue weighted by Crippen LogP contribution is -2.40. The van der Waals surface area contributed by atoms with E-state index in [1.807, 2.05) is 29.2 Å². The van der Waals surface area contributed by atoms with E-state index in [-0.39, 0.29) is 5.91 Å². The molecule has 0 bridgehead atoms. The summed E-state index contributed by atoms with van der Waals surface area (Å²) in [6.45, 7) is 9.80. The topological polar surface area (TPSA) is 61.8 Å². The SMILES string of the molecule is COc1ccccc1C(=O)N1CCc2nc(N3CCC(C)CC3)nc(N(C)C(C)C)c2C1. The molecule has 1 amide bonds. The Morgan fingerprint density at radius 1 is 1.16 bits per heavy atom. The molecule has 0 radical (unpaired) electrons. The number of para-hydroxylation sites is 1. The Kier molecular flexibility index (Phi) is 6.53. The Labute approximate surface area is 191 Å². The van der Waals surface area contributed by atoms with Gasteiger partial charge in [0.15, 0.2) is 0 Å². The lowest BCUT2D eigenvalue weighted by Gasteiger charge is -2.35. The van der Waals surface area contributed by atoms with Crippen LogP contribution in [-0.2, 0) is 13.0 Å². The van der Waals surface area contributed by atoms with Crippen LogP contribution in [0.4, 0.5) is 11.8 Å². The van der Waals surface area contributed by atoms with Gasteiger partial charge in [-0.15, -0.1) is 0 Å². The number of methoxy groups -OCH3 is 1. The standard InChI is InChI=1S/C25H35N5O2/c1-17(2)28(4)23-20-16-30(24(31)19-8-6-7-9-22(19)32-5)15-12-21(20)26-25(27-23)29-13-10-18(3)11-14-29/h6-9,17-18H,10-16H2,1-5H3. The molecule has 2 aliphatic heterocycles. The molecule has 0 N–H and O–H groups in total. The summed E-state index contributed by atoms with van der Waals surface area (Å²) in [4.78, 5) is 29.8. The van der Waals surface area contributed by atoms with Gasteiger partial charge < -0.3 is 19.4 Å². The van der Waals surface area contributed by atoms with Crippen LogP contribution in [0, 0.1) is 5.92 Å². The molecule has 0 unspecified atom stereocenters. The quantitative estimate of drug-likeness (QED) is 0.710. The van der Waals surface area contributed by atoms with Gasteiger partial charge in [0.25, 0.3) is 5.91 Å². The van der Waals surface area contributed by atoms with Crippen molar-refractivity contribution in [1.82, 2.24) is 14.9 Å². The minimum Gasteiger partial charge on any atom is -0.496 e. The molecule has 172 valence electrons. The van der Waals surface area contributed by atoms with Crippen molar-refractivity contribution in [3.05, 3.63) is 41.1 Å². The van der Waals surface area contributed by atoms with Gasteiger partial charge in [0.05, 0.1) is 24.9 Å². The van der Waals surface area contributed by atoms with E-state index in [9.17, 15) is 4.79 Å². The maximum atomic E-state index is 13.3. The molecule has 2 aliphatic rings. The smallest absolute Gasteiger partial charge is 0.257 e. The molecule has 1 aromatic heterocycles. The monoisotopic (exact) mass is 437 g/mol. The number of fused-ring (bicyclic) bond motifs is 1. The zero-order valence-corrected chi connectivity index (χ0v) is 20.0. The number of amides is 1. The van der Waals surface area contributed by atoms with Crippen LogP contribution in [0.15, 0.2) is 24.3 Å². The molecule has 3 heterocycles. The minimum absolute atomic E-state index is 0.0136. The van der Waals surface area contributed by atoms with E-state index in [1.165, 1.54) is 12.8 Å². The summed E-state index contributed by atoms with van der Waals surface area (Å²) in [6, 6.07) is 7.71. The summed E-state index contributed by atoms with van der Waals surface area (Å²) >= 11 is 0. The van der Waals surface area contributed by atoms with Crippen LogP contribution in [0.3, 0.4) is 0 Å². The van der Waals surface area contributed by atoms with Crippen LogP contribution in [0.1, 0.15) is 55.2 Å². The second kappa shape index (κ2) is 9.35. The van der Waals surface area contributed by atoms with Gasteiger partial charge in [-0.25, -0.2) is 4.98 Å². The number of hydrogen-bond donors (Lipinski definition) is 0. The number of hydrogen-bond acceptors (Lipinski definition) is 6. The van der Waals surface area contributed by atoms with Gasteiger partial charge in [0.2, 0.25) is 5.95 Å². The predicted octanol–water partition coefficient (Wildman–Crippen LogP) is 3.76. The van der Waals surface area contributed by atoms with Crippen LogP contribution in [0.5, 0.6) is 5.75 Å². The molecular formula is C25H35N5O2. The van der Waals surface area contributed by atoms with Crippen molar-refractivity contribution in [2.45, 2.75) is 52.6 Å². The Morgan fingerprint density at radius 2 is 1.88 bits per heavy atom. The summed E-state index contributed by atoms with van der Waals surface area (Å²) in [5.74, 6) is 3.13. The Bertz CT molecular complexity index is 969. The van der Waals surface area contributed by atoms with E-state index in [4.69, 9.17) is 14.7 Å². The fourth-order valence-corrected chi connectivity index (χ4v) is 4.44. The highest BCUT2D eigenvalue weighted by Crippen LogP contribution is 2.32. The van der Waals surface area contributed by atoms with Crippen molar-refractivity contribution in [3.8, 4) is 5.75 Å². The highest BCUT2D eigenvalue weighted by molar-refractivity contribution is 5.97. The molecule has 1 saturated heterocycles. The van der Waals surface area contributed by atoms with Gasteiger partial charge in [-0.05, 0) is 44.7 Å². The van der Waals surface area contributed by atoms with Crippen molar-refractivity contribution < 1.29 is 9.53 Å². The largest absolute Gasteiger partial charge is 0.496 e. The lowest BCUT2D eigenvalue weighted by atomic mass is 9.99. The van der Waals surface area contributed by atoms with Crippen LogP contribution in [-0.4, -0.2) is 60.6 Å². The van der Waals surface area contributed by atoms with Crippen molar-refractivity contribution in [2.24, 2.45) is 5.92 Å². The van der Waals surface area contributed by atoms with E-state index < -0.39 is 0 Å². The lowest BCUT2D eigenvalue weighted by molar-refractivity contribution is 0.0730. The minimum atomic E-state index is -0.0136. The highest BCUT2D eigenvalue weighted by Gasteiger charge is 2.30. The van der Waals surface area contributed by atoms with Gasteiger partial charge in [-0.3, -0.25) is 4.79 Å². The highest BCUT2D eigenvalue weighted by atomic mass is 16.5. The van der Waals surface area contributed by atoms with Crippen LogP contribution in [0.25, 0.3) is 0 Å². The molecule has 7 nitrogen and oxygen atoms in total. The fraction of sp³-hybridized carbons (Fsp3) is 0.560. The van der Waals surface area contributed by atoms with E-state index >= 15 is 0 Å². The number of benzene rings is 1. The van der Waals surface area contributed by atoms with Gasteiger partial charge in [-0.1, -0.05) is 19.1 Å². The normalized spacial score (nSPS) is 16.8. The van der Waals surface area contributed by atoms with Crippen LogP contribution < -0.4 is 14.5 Å². The number of rotatable bonds is 5. The number of carbonyl (C=O) groups excluding carboxylic acids is 1. The molecule has 0 atom stereocenters. The summed E-state index contributed by atoms with van der Waals surface area (Å²) in [7, 11) is 3.68. The number of piperidine rings is 1. The molecule has 4 rings (SSSR count). The van der Waals surface area contributed by atoms with Gasteiger partial charge in [0.1, 0.15) is 11.6 Å². The van der Waals surface area contributed by atoms with Crippen LogP contribution in [0.2, 0.25) is 0 Å². The zero-order chi connectivity index (χ0) is 22.8. The van der Waals surface area contributed by atoms with Gasteiger partial charge in [-0.2, -0.15) is 4.98 Å². The van der Waals surface area contributed by atoms with Crippen molar-refractivity contribution >= 4 is 17.7 Å². The van der Waals surface area contributed by atoms with Crippen molar-refractivity contribution in [3.63, 3.8) is 0 Å². The summed E-state index contributed by atoms with van der Waals surface area (Å²) in [5, 5.41) is 0.